The smallest absolute Gasteiger partial charge is 0.873 e. The SMILES string of the molecule is CCCC#CC(=Nc1ccccc1)C(CCCCCC)=Nc1ccccc1.CCCCCc1ccc([O-])c([O-])c1.[Ni+2]. The van der Waals surface area contributed by atoms with Crippen LogP contribution in [-0.4, -0.2) is 11.4 Å². The van der Waals surface area contributed by atoms with Crippen LogP contribution in [0.25, 0.3) is 0 Å². The van der Waals surface area contributed by atoms with Crippen molar-refractivity contribution in [3.63, 3.8) is 0 Å². The summed E-state index contributed by atoms with van der Waals surface area (Å²) < 4.78 is 0. The zero-order chi connectivity index (χ0) is 28.8. The first-order valence-electron chi connectivity index (χ1n) is 14.8. The molecule has 0 radical (unpaired) electrons. The molecule has 5 heteroatoms. The molecule has 4 nitrogen and oxygen atoms in total. The van der Waals surface area contributed by atoms with Crippen molar-refractivity contribution in [2.24, 2.45) is 9.98 Å². The Bertz CT molecular complexity index is 1230. The second kappa shape index (κ2) is 22.4. The molecule has 0 aliphatic rings. The molecule has 0 fully saturated rings. The monoisotopic (exact) mass is 594 g/mol. The molecule has 3 rings (SSSR count). The third-order valence-corrected chi connectivity index (χ3v) is 6.22. The van der Waals surface area contributed by atoms with Gasteiger partial charge in [0.2, 0.25) is 0 Å². The normalized spacial score (nSPS) is 11.0. The average molecular weight is 595 g/mol. The number of benzene rings is 3. The molecular formula is C36H44N2NiO2. The summed E-state index contributed by atoms with van der Waals surface area (Å²) in [6.45, 7) is 6.52. The first-order chi connectivity index (χ1) is 19.6. The second-order valence-corrected chi connectivity index (χ2v) is 9.79. The number of aryl methyl sites for hydroxylation is 1. The van der Waals surface area contributed by atoms with Gasteiger partial charge in [-0.2, -0.15) is 0 Å². The van der Waals surface area contributed by atoms with Crippen molar-refractivity contribution in [1.82, 2.24) is 0 Å². The molecule has 0 aromatic heterocycles. The van der Waals surface area contributed by atoms with Gasteiger partial charge in [-0.05, 0) is 67.9 Å². The van der Waals surface area contributed by atoms with Crippen molar-refractivity contribution in [1.29, 1.82) is 0 Å². The van der Waals surface area contributed by atoms with Gasteiger partial charge in [-0.3, -0.25) is 4.99 Å². The first-order valence-corrected chi connectivity index (χ1v) is 14.8. The number of nitrogens with zero attached hydrogens (tertiary/aromatic N) is 2. The number of para-hydroxylation sites is 2. The maximum absolute atomic E-state index is 11.0. The Kier molecular flexibility index (Phi) is 19.5. The Hall–Kier alpha value is -3.35. The molecule has 0 N–H and O–H groups in total. The van der Waals surface area contributed by atoms with Crippen LogP contribution in [0.5, 0.6) is 11.5 Å². The minimum absolute atomic E-state index is 0. The Morgan fingerprint density at radius 3 is 1.85 bits per heavy atom. The molecule has 0 saturated carbocycles. The van der Waals surface area contributed by atoms with Crippen LogP contribution in [0.15, 0.2) is 88.8 Å². The Labute approximate surface area is 258 Å². The van der Waals surface area contributed by atoms with Crippen LogP contribution in [0.4, 0.5) is 11.4 Å². The van der Waals surface area contributed by atoms with Crippen LogP contribution in [-0.2, 0) is 22.9 Å². The van der Waals surface area contributed by atoms with E-state index < -0.39 is 5.75 Å². The van der Waals surface area contributed by atoms with E-state index in [-0.39, 0.29) is 22.2 Å². The van der Waals surface area contributed by atoms with E-state index in [1.54, 1.807) is 6.07 Å². The van der Waals surface area contributed by atoms with Gasteiger partial charge in [0.05, 0.1) is 17.1 Å². The third-order valence-electron chi connectivity index (χ3n) is 6.22. The van der Waals surface area contributed by atoms with E-state index in [1.165, 1.54) is 44.2 Å². The molecule has 0 aliphatic carbocycles. The van der Waals surface area contributed by atoms with Crippen molar-refractivity contribution in [3.05, 3.63) is 84.4 Å². The summed E-state index contributed by atoms with van der Waals surface area (Å²) in [5.74, 6) is 5.78. The largest absolute Gasteiger partial charge is 2.00 e. The fraction of sp³-hybridized carbons (Fsp3) is 0.389. The fourth-order valence-electron chi connectivity index (χ4n) is 3.96. The molecule has 0 bridgehead atoms. The van der Waals surface area contributed by atoms with Gasteiger partial charge in [-0.15, -0.1) is 11.5 Å². The molecule has 0 spiro atoms. The molecule has 0 aliphatic heterocycles. The maximum atomic E-state index is 11.0. The molecule has 3 aromatic rings. The van der Waals surface area contributed by atoms with Crippen LogP contribution in [0, 0.1) is 11.8 Å². The number of unbranched alkanes of at least 4 members (excludes halogenated alkanes) is 6. The summed E-state index contributed by atoms with van der Waals surface area (Å²) in [4.78, 5) is 9.75. The molecule has 3 aromatic carbocycles. The molecule has 41 heavy (non-hydrogen) atoms. The van der Waals surface area contributed by atoms with Crippen molar-refractivity contribution in [3.8, 4) is 23.3 Å². The van der Waals surface area contributed by atoms with Gasteiger partial charge < -0.3 is 10.2 Å². The average Bonchev–Trinajstić information content (AvgIpc) is 2.98. The summed E-state index contributed by atoms with van der Waals surface area (Å²) in [6, 6.07) is 24.7. The van der Waals surface area contributed by atoms with Gasteiger partial charge >= 0.3 is 16.5 Å². The fourth-order valence-corrected chi connectivity index (χ4v) is 3.96. The number of aliphatic imine (C=N–C) groups is 2. The minimum Gasteiger partial charge on any atom is -0.873 e. The van der Waals surface area contributed by atoms with Crippen LogP contribution in [0.3, 0.4) is 0 Å². The van der Waals surface area contributed by atoms with Gasteiger partial charge in [0.25, 0.3) is 0 Å². The molecule has 0 unspecified atom stereocenters. The van der Waals surface area contributed by atoms with Gasteiger partial charge in [0.15, 0.2) is 0 Å². The van der Waals surface area contributed by atoms with E-state index >= 15 is 0 Å². The van der Waals surface area contributed by atoms with E-state index in [0.717, 1.165) is 66.9 Å². The molecule has 0 heterocycles. The maximum Gasteiger partial charge on any atom is 2.00 e. The molecule has 0 amide bonds. The van der Waals surface area contributed by atoms with Crippen LogP contribution >= 0.6 is 0 Å². The van der Waals surface area contributed by atoms with Gasteiger partial charge in [-0.25, -0.2) is 4.99 Å². The van der Waals surface area contributed by atoms with Gasteiger partial charge in [0, 0.05) is 6.42 Å². The summed E-state index contributed by atoms with van der Waals surface area (Å²) in [6.07, 6.45) is 12.0. The summed E-state index contributed by atoms with van der Waals surface area (Å²) in [5, 5.41) is 21.7. The van der Waals surface area contributed by atoms with E-state index in [9.17, 15) is 10.2 Å². The molecular weight excluding hydrogens is 551 g/mol. The van der Waals surface area contributed by atoms with E-state index in [0.29, 0.717) is 0 Å². The topological polar surface area (TPSA) is 70.8 Å². The van der Waals surface area contributed by atoms with E-state index in [2.05, 4.69) is 32.6 Å². The molecule has 220 valence electrons. The number of rotatable bonds is 13. The number of hydrogen-bond donors (Lipinski definition) is 0. The number of hydrogen-bond acceptors (Lipinski definition) is 4. The molecule has 0 saturated heterocycles. The Morgan fingerprint density at radius 1 is 0.659 bits per heavy atom. The van der Waals surface area contributed by atoms with Crippen LogP contribution < -0.4 is 10.2 Å². The standard InChI is InChI=1S/C25H30N2.C11H16O2.Ni/c1-3-5-7-15-21-25(27-23-18-13-9-14-19-23)24(20-10-6-4-2)26-22-16-11-8-12-17-22;1-2-3-4-5-9-6-7-10(12)11(13)8-9;/h8-9,11-14,16-19H,3-7,15,21H2,1-2H3;6-8,12-13H,2-5H2,1H3;/q;;+2/p-2. The zero-order valence-corrected chi connectivity index (χ0v) is 25.8. The van der Waals surface area contributed by atoms with Crippen molar-refractivity contribution < 1.29 is 26.7 Å². The first kappa shape index (κ1) is 35.7. The van der Waals surface area contributed by atoms with Crippen molar-refractivity contribution >= 4 is 22.8 Å². The second-order valence-electron chi connectivity index (χ2n) is 9.79. The van der Waals surface area contributed by atoms with Crippen LogP contribution in [0.1, 0.15) is 90.5 Å². The Morgan fingerprint density at radius 2 is 1.27 bits per heavy atom. The minimum atomic E-state index is -0.403. The van der Waals surface area contributed by atoms with Crippen molar-refractivity contribution in [2.45, 2.75) is 91.4 Å². The molecule has 0 atom stereocenters. The Balaban J connectivity index is 0.000000505. The van der Waals surface area contributed by atoms with Gasteiger partial charge in [-0.1, -0.05) is 113 Å². The van der Waals surface area contributed by atoms with Crippen molar-refractivity contribution in [2.75, 3.05) is 0 Å². The quantitative estimate of drug-likeness (QED) is 0.0857. The predicted molar refractivity (Wildman–Crippen MR) is 167 cm³/mol. The zero-order valence-electron chi connectivity index (χ0n) is 24.8. The summed E-state index contributed by atoms with van der Waals surface area (Å²) in [7, 11) is 0. The summed E-state index contributed by atoms with van der Waals surface area (Å²) >= 11 is 0. The van der Waals surface area contributed by atoms with Crippen LogP contribution in [0.2, 0.25) is 0 Å². The van der Waals surface area contributed by atoms with Gasteiger partial charge in [0.1, 0.15) is 5.71 Å². The summed E-state index contributed by atoms with van der Waals surface area (Å²) in [5.41, 5.74) is 4.66. The predicted octanol–water partition coefficient (Wildman–Crippen LogP) is 8.87. The van der Waals surface area contributed by atoms with E-state index in [4.69, 9.17) is 9.98 Å². The van der Waals surface area contributed by atoms with E-state index in [1.807, 2.05) is 60.7 Å². The third kappa shape index (κ3) is 15.3.